The highest BCUT2D eigenvalue weighted by Crippen LogP contribution is 2.52. The Hall–Kier alpha value is -2.91. The molecule has 1 aliphatic carbocycles. The van der Waals surface area contributed by atoms with Gasteiger partial charge in [0.2, 0.25) is 11.8 Å². The topological polar surface area (TPSA) is 128 Å². The van der Waals surface area contributed by atoms with E-state index in [0.29, 0.717) is 30.4 Å². The molecule has 2 aliphatic heterocycles. The van der Waals surface area contributed by atoms with Gasteiger partial charge in [-0.05, 0) is 65.9 Å². The molecule has 2 fully saturated rings. The average Bonchev–Trinajstić information content (AvgIpc) is 3.08. The molecule has 2 amide bonds. The largest absolute Gasteiger partial charge is 0.508 e. The molecule has 2 aromatic rings. The molecular formula is C24H25B2NO7. The van der Waals surface area contributed by atoms with Gasteiger partial charge in [0, 0.05) is 0 Å². The van der Waals surface area contributed by atoms with E-state index in [2.05, 4.69) is 0 Å². The van der Waals surface area contributed by atoms with Crippen molar-refractivity contribution in [2.24, 2.45) is 17.8 Å². The Labute approximate surface area is 197 Å². The summed E-state index contributed by atoms with van der Waals surface area (Å²) in [6.45, 7) is 1.96. The first kappa shape index (κ1) is 22.9. The van der Waals surface area contributed by atoms with E-state index < -0.39 is 32.2 Å². The number of phenolic OH excluding ortho intramolecular Hbond substituents is 1. The summed E-state index contributed by atoms with van der Waals surface area (Å²) < 4.78 is 5.93. The van der Waals surface area contributed by atoms with Crippen LogP contribution in [-0.2, 0) is 14.2 Å². The minimum atomic E-state index is -1.72. The molecule has 8 nitrogen and oxygen atoms in total. The Morgan fingerprint density at radius 1 is 1.09 bits per heavy atom. The number of phenols is 1. The van der Waals surface area contributed by atoms with E-state index in [-0.39, 0.29) is 28.9 Å². The molecule has 4 N–H and O–H groups in total. The normalized spacial score (nSPS) is 26.6. The van der Waals surface area contributed by atoms with Gasteiger partial charge in [0.05, 0.1) is 23.6 Å². The number of hydrogen-bond donors (Lipinski definition) is 4. The second-order valence-electron chi connectivity index (χ2n) is 9.14. The number of fused-ring (bicyclic) bond motifs is 3. The summed E-state index contributed by atoms with van der Waals surface area (Å²) in [4.78, 5) is 28.3. The van der Waals surface area contributed by atoms with E-state index in [9.17, 15) is 29.8 Å². The van der Waals surface area contributed by atoms with E-state index in [4.69, 9.17) is 4.65 Å². The van der Waals surface area contributed by atoms with Crippen LogP contribution in [0, 0.1) is 17.8 Å². The Bertz CT molecular complexity index is 1170. The van der Waals surface area contributed by atoms with E-state index >= 15 is 0 Å². The first-order chi connectivity index (χ1) is 16.3. The molecule has 34 heavy (non-hydrogen) atoms. The third-order valence-corrected chi connectivity index (χ3v) is 7.33. The van der Waals surface area contributed by atoms with Crippen LogP contribution in [0.1, 0.15) is 37.9 Å². The highest BCUT2D eigenvalue weighted by atomic mass is 16.5. The molecule has 2 heterocycles. The zero-order valence-electron chi connectivity index (χ0n) is 18.7. The third-order valence-electron chi connectivity index (χ3n) is 7.33. The van der Waals surface area contributed by atoms with Crippen molar-refractivity contribution in [3.05, 3.63) is 65.1 Å². The molecule has 2 saturated heterocycles. The molecule has 0 spiro atoms. The maximum atomic E-state index is 13.7. The van der Waals surface area contributed by atoms with Gasteiger partial charge in [-0.3, -0.25) is 14.5 Å². The zero-order chi connectivity index (χ0) is 24.1. The first-order valence-electron chi connectivity index (χ1n) is 11.5. The van der Waals surface area contributed by atoms with Gasteiger partial charge < -0.3 is 24.8 Å². The molecule has 3 aliphatic rings. The van der Waals surface area contributed by atoms with Crippen molar-refractivity contribution in [2.45, 2.75) is 32.3 Å². The summed E-state index contributed by atoms with van der Waals surface area (Å²) in [5.41, 5.74) is 2.90. The Balaban J connectivity index is 1.53. The van der Waals surface area contributed by atoms with E-state index in [1.807, 2.05) is 6.92 Å². The van der Waals surface area contributed by atoms with E-state index in [1.54, 1.807) is 36.4 Å². The molecule has 0 aromatic heterocycles. The smallest absolute Gasteiger partial charge is 0.488 e. The second kappa shape index (κ2) is 8.70. The lowest BCUT2D eigenvalue weighted by molar-refractivity contribution is -0.123. The van der Waals surface area contributed by atoms with Crippen LogP contribution >= 0.6 is 0 Å². The molecule has 0 radical (unpaired) electrons. The molecular weight excluding hydrogens is 436 g/mol. The molecule has 4 atom stereocenters. The first-order valence-corrected chi connectivity index (χ1v) is 11.5. The fourth-order valence-electron chi connectivity index (χ4n) is 5.73. The Morgan fingerprint density at radius 3 is 2.50 bits per heavy atom. The maximum absolute atomic E-state index is 13.7. The fraction of sp³-hybridized carbons (Fsp3) is 0.333. The van der Waals surface area contributed by atoms with Crippen molar-refractivity contribution < 1.29 is 34.4 Å². The van der Waals surface area contributed by atoms with Crippen molar-refractivity contribution in [3.8, 4) is 5.75 Å². The zero-order valence-corrected chi connectivity index (χ0v) is 18.7. The van der Waals surface area contributed by atoms with Gasteiger partial charge in [-0.15, -0.1) is 0 Å². The van der Waals surface area contributed by atoms with Crippen LogP contribution in [0.4, 0.5) is 5.69 Å². The number of nitrogens with zero attached hydrogens (tertiary/aromatic N) is 1. The maximum Gasteiger partial charge on any atom is 0.488 e. The van der Waals surface area contributed by atoms with Crippen LogP contribution in [0.15, 0.2) is 59.6 Å². The summed E-state index contributed by atoms with van der Waals surface area (Å²) in [6.07, 6.45) is 0.934. The van der Waals surface area contributed by atoms with Gasteiger partial charge >= 0.3 is 14.2 Å². The summed E-state index contributed by atoms with van der Waals surface area (Å²) >= 11 is 0. The van der Waals surface area contributed by atoms with Gasteiger partial charge in [-0.2, -0.15) is 0 Å². The quantitative estimate of drug-likeness (QED) is 0.397. The Morgan fingerprint density at radius 2 is 1.82 bits per heavy atom. The van der Waals surface area contributed by atoms with Crippen LogP contribution < -0.4 is 10.4 Å². The Kier molecular flexibility index (Phi) is 5.85. The standard InChI is InChI=1S/C24H25B2NO7/c1-2-13-10-19-21(24(30)27(23(19)29)16-5-3-4-15(11-16)25(31)32)18-12-20(34-26(33)22(13)18)14-6-8-17(28)9-7-14/h3-9,11,18-21,28,31-33H,2,10,12H2,1H3/t18-,19-,20-,21+/m0/s1. The van der Waals surface area contributed by atoms with Crippen LogP contribution in [0.2, 0.25) is 0 Å². The molecule has 0 bridgehead atoms. The number of rotatable bonds is 4. The minimum absolute atomic E-state index is 0.120. The van der Waals surface area contributed by atoms with Gasteiger partial charge in [-0.1, -0.05) is 36.8 Å². The number of carbonyl (C=O) groups is 2. The lowest BCUT2D eigenvalue weighted by atomic mass is 9.55. The second-order valence-corrected chi connectivity index (χ2v) is 9.14. The van der Waals surface area contributed by atoms with Crippen LogP contribution in [0.5, 0.6) is 5.75 Å². The molecule has 0 unspecified atom stereocenters. The van der Waals surface area contributed by atoms with Crippen LogP contribution in [0.25, 0.3) is 0 Å². The van der Waals surface area contributed by atoms with Gasteiger partial charge in [-0.25, -0.2) is 0 Å². The molecule has 2 aromatic carbocycles. The van der Waals surface area contributed by atoms with Crippen LogP contribution in [-0.4, -0.2) is 46.2 Å². The van der Waals surface area contributed by atoms with Gasteiger partial charge in [0.25, 0.3) is 0 Å². The van der Waals surface area contributed by atoms with Crippen molar-refractivity contribution in [2.75, 3.05) is 4.90 Å². The lowest BCUT2D eigenvalue weighted by Gasteiger charge is -2.42. The highest BCUT2D eigenvalue weighted by Gasteiger charge is 2.58. The number of imide groups is 1. The number of anilines is 1. The van der Waals surface area contributed by atoms with Crippen LogP contribution in [0.3, 0.4) is 0 Å². The predicted octanol–water partition coefficient (Wildman–Crippen LogP) is 1.09. The summed E-state index contributed by atoms with van der Waals surface area (Å²) in [5.74, 6) is -2.11. The molecule has 10 heteroatoms. The van der Waals surface area contributed by atoms with Gasteiger partial charge in [0.1, 0.15) is 5.75 Å². The average molecular weight is 461 g/mol. The fourth-order valence-corrected chi connectivity index (χ4v) is 5.73. The third kappa shape index (κ3) is 3.67. The SMILES string of the molecule is CCC1=C2B(O)O[C@H](c3ccc(O)cc3)C[C@H]2[C@H]2C(=O)N(c3cccc(B(O)O)c3)C(=O)[C@H]2C1. The lowest BCUT2D eigenvalue weighted by Crippen LogP contribution is -2.44. The van der Waals surface area contributed by atoms with Crippen molar-refractivity contribution in [1.29, 1.82) is 0 Å². The van der Waals surface area contributed by atoms with Crippen molar-refractivity contribution in [1.82, 2.24) is 0 Å². The molecule has 174 valence electrons. The number of hydrogen-bond acceptors (Lipinski definition) is 7. The monoisotopic (exact) mass is 461 g/mol. The summed E-state index contributed by atoms with van der Waals surface area (Å²) in [5, 5.41) is 39.6. The summed E-state index contributed by atoms with van der Waals surface area (Å²) in [7, 11) is -2.90. The number of allylic oxidation sites excluding steroid dienone is 2. The minimum Gasteiger partial charge on any atom is -0.508 e. The number of carbonyl (C=O) groups excluding carboxylic acids is 2. The van der Waals surface area contributed by atoms with Gasteiger partial charge in [0.15, 0.2) is 0 Å². The number of amides is 2. The summed E-state index contributed by atoms with van der Waals surface area (Å²) in [6, 6.07) is 12.7. The number of aromatic hydroxyl groups is 1. The van der Waals surface area contributed by atoms with E-state index in [1.165, 1.54) is 12.1 Å². The van der Waals surface area contributed by atoms with Crippen molar-refractivity contribution >= 4 is 37.2 Å². The predicted molar refractivity (Wildman–Crippen MR) is 126 cm³/mol. The van der Waals surface area contributed by atoms with E-state index in [0.717, 1.165) is 16.0 Å². The number of benzene rings is 2. The van der Waals surface area contributed by atoms with Crippen molar-refractivity contribution in [3.63, 3.8) is 0 Å². The highest BCUT2D eigenvalue weighted by molar-refractivity contribution is 6.58. The molecule has 0 saturated carbocycles. The molecule has 5 rings (SSSR count).